The Morgan fingerprint density at radius 3 is 2.54 bits per heavy atom. The molecule has 0 radical (unpaired) electrons. The van der Waals surface area contributed by atoms with E-state index in [1.54, 1.807) is 13.0 Å². The van der Waals surface area contributed by atoms with Gasteiger partial charge < -0.3 is 16.0 Å². The van der Waals surface area contributed by atoms with Crippen LogP contribution in [0.1, 0.15) is 19.7 Å². The highest BCUT2D eigenvalue weighted by Gasteiger charge is 2.17. The van der Waals surface area contributed by atoms with Gasteiger partial charge in [0.15, 0.2) is 9.34 Å². The van der Waals surface area contributed by atoms with Crippen molar-refractivity contribution in [2.24, 2.45) is 0 Å². The van der Waals surface area contributed by atoms with E-state index in [2.05, 4.69) is 35.6 Å². The van der Waals surface area contributed by atoms with Gasteiger partial charge in [0, 0.05) is 32.6 Å². The van der Waals surface area contributed by atoms with Crippen LogP contribution in [0.25, 0.3) is 0 Å². The normalized spacial score (nSPS) is 11.2. The number of carbonyl (C=O) groups excluding carboxylic acids is 1. The predicted molar refractivity (Wildman–Crippen MR) is 101 cm³/mol. The van der Waals surface area contributed by atoms with Crippen molar-refractivity contribution in [1.82, 2.24) is 19.7 Å². The fourth-order valence-corrected chi connectivity index (χ4v) is 4.12. The molecule has 0 fully saturated rings. The third-order valence-corrected chi connectivity index (χ3v) is 5.79. The minimum atomic E-state index is -3.68. The Bertz CT molecular complexity index is 867. The lowest BCUT2D eigenvalue weighted by molar-refractivity contribution is -0.114. The summed E-state index contributed by atoms with van der Waals surface area (Å²) in [4.78, 5) is 23.3. The number of aromatic nitrogens is 3. The molecule has 12 heteroatoms. The second kappa shape index (κ2) is 8.87. The fourth-order valence-electron chi connectivity index (χ4n) is 1.97. The summed E-state index contributed by atoms with van der Waals surface area (Å²) >= 11 is 0.889. The van der Waals surface area contributed by atoms with E-state index in [0.717, 1.165) is 17.9 Å². The number of sulfonamides is 1. The van der Waals surface area contributed by atoms with Crippen LogP contribution in [0.5, 0.6) is 0 Å². The standard InChI is InChI=1S/C14H21N7O3S2/c1-4-15-11-7-12(20-9(2)19-11)16-5-6-18-26(23,24)13-8-17-14(25-13)21-10(3)22/h7-8,18H,4-6H2,1-3H3,(H,17,21,22)(H2,15,16,19,20). The fraction of sp³-hybridized carbons (Fsp3) is 0.429. The van der Waals surface area contributed by atoms with E-state index in [9.17, 15) is 13.2 Å². The molecule has 0 atom stereocenters. The minimum absolute atomic E-state index is 0.0357. The van der Waals surface area contributed by atoms with Gasteiger partial charge in [-0.3, -0.25) is 4.79 Å². The summed E-state index contributed by atoms with van der Waals surface area (Å²) in [6, 6.07) is 1.76. The molecule has 0 aliphatic heterocycles. The highest BCUT2D eigenvalue weighted by molar-refractivity contribution is 7.91. The molecular formula is C14H21N7O3S2. The Labute approximate surface area is 155 Å². The summed E-state index contributed by atoms with van der Waals surface area (Å²) in [5.74, 6) is 1.62. The van der Waals surface area contributed by atoms with Crippen LogP contribution in [-0.2, 0) is 14.8 Å². The lowest BCUT2D eigenvalue weighted by Crippen LogP contribution is -2.28. The number of nitrogens with zero attached hydrogens (tertiary/aromatic N) is 3. The van der Waals surface area contributed by atoms with Gasteiger partial charge in [0.2, 0.25) is 5.91 Å². The maximum atomic E-state index is 12.2. The van der Waals surface area contributed by atoms with E-state index in [4.69, 9.17) is 0 Å². The first-order chi connectivity index (χ1) is 12.3. The molecule has 26 heavy (non-hydrogen) atoms. The molecule has 2 heterocycles. The van der Waals surface area contributed by atoms with E-state index >= 15 is 0 Å². The van der Waals surface area contributed by atoms with Crippen molar-refractivity contribution >= 4 is 44.0 Å². The Morgan fingerprint density at radius 1 is 1.19 bits per heavy atom. The van der Waals surface area contributed by atoms with Gasteiger partial charge >= 0.3 is 0 Å². The second-order valence-electron chi connectivity index (χ2n) is 5.21. The number of aryl methyl sites for hydroxylation is 1. The van der Waals surface area contributed by atoms with Crippen LogP contribution in [0.2, 0.25) is 0 Å². The topological polar surface area (TPSA) is 138 Å². The molecule has 2 rings (SSSR count). The van der Waals surface area contributed by atoms with E-state index in [-0.39, 0.29) is 21.8 Å². The van der Waals surface area contributed by atoms with Crippen LogP contribution in [0.4, 0.5) is 16.8 Å². The molecule has 0 saturated carbocycles. The summed E-state index contributed by atoms with van der Waals surface area (Å²) in [6.07, 6.45) is 1.21. The van der Waals surface area contributed by atoms with Crippen LogP contribution >= 0.6 is 11.3 Å². The Kier molecular flexibility index (Phi) is 6.83. The van der Waals surface area contributed by atoms with Crippen LogP contribution in [0, 0.1) is 6.92 Å². The molecule has 0 aromatic carbocycles. The number of nitrogens with one attached hydrogen (secondary N) is 4. The summed E-state index contributed by atoms with van der Waals surface area (Å²) in [7, 11) is -3.68. The largest absolute Gasteiger partial charge is 0.370 e. The molecule has 142 valence electrons. The highest BCUT2D eigenvalue weighted by atomic mass is 32.2. The average Bonchev–Trinajstić information content (AvgIpc) is 3.00. The second-order valence-corrected chi connectivity index (χ2v) is 8.23. The predicted octanol–water partition coefficient (Wildman–Crippen LogP) is 1.02. The monoisotopic (exact) mass is 399 g/mol. The molecule has 2 aromatic rings. The number of anilines is 3. The van der Waals surface area contributed by atoms with Gasteiger partial charge in [0.05, 0.1) is 6.20 Å². The van der Waals surface area contributed by atoms with E-state index in [0.29, 0.717) is 24.0 Å². The van der Waals surface area contributed by atoms with Crippen LogP contribution in [-0.4, -0.2) is 48.9 Å². The number of hydrogen-bond acceptors (Lipinski definition) is 9. The smallest absolute Gasteiger partial charge is 0.251 e. The Hall–Kier alpha value is -2.31. The van der Waals surface area contributed by atoms with Gasteiger partial charge in [-0.05, 0) is 13.8 Å². The number of rotatable bonds is 9. The number of hydrogen-bond donors (Lipinski definition) is 4. The summed E-state index contributed by atoms with van der Waals surface area (Å²) in [6.45, 7) is 6.33. The van der Waals surface area contributed by atoms with Gasteiger partial charge in [0.25, 0.3) is 10.0 Å². The molecular weight excluding hydrogens is 378 g/mol. The molecule has 2 aromatic heterocycles. The summed E-state index contributed by atoms with van der Waals surface area (Å²) in [5.41, 5.74) is 0. The molecule has 1 amide bonds. The average molecular weight is 400 g/mol. The first-order valence-electron chi connectivity index (χ1n) is 7.86. The Balaban J connectivity index is 1.88. The van der Waals surface area contributed by atoms with E-state index in [1.165, 1.54) is 13.1 Å². The first kappa shape index (κ1) is 20.0. The Morgan fingerprint density at radius 2 is 1.88 bits per heavy atom. The third kappa shape index (κ3) is 5.89. The van der Waals surface area contributed by atoms with Gasteiger partial charge in [-0.2, -0.15) is 0 Å². The van der Waals surface area contributed by atoms with Crippen LogP contribution in [0.15, 0.2) is 16.5 Å². The first-order valence-corrected chi connectivity index (χ1v) is 10.2. The molecule has 0 saturated heterocycles. The van der Waals surface area contributed by atoms with Gasteiger partial charge in [-0.1, -0.05) is 11.3 Å². The minimum Gasteiger partial charge on any atom is -0.370 e. The van der Waals surface area contributed by atoms with Gasteiger partial charge in [0.1, 0.15) is 17.5 Å². The molecule has 0 spiro atoms. The van der Waals surface area contributed by atoms with Gasteiger partial charge in [-0.15, -0.1) is 0 Å². The van der Waals surface area contributed by atoms with Crippen molar-refractivity contribution in [3.63, 3.8) is 0 Å². The van der Waals surface area contributed by atoms with E-state index < -0.39 is 10.0 Å². The van der Waals surface area contributed by atoms with Crippen molar-refractivity contribution < 1.29 is 13.2 Å². The quantitative estimate of drug-likeness (QED) is 0.459. The van der Waals surface area contributed by atoms with Crippen LogP contribution < -0.4 is 20.7 Å². The lowest BCUT2D eigenvalue weighted by Gasteiger charge is -2.09. The zero-order valence-electron chi connectivity index (χ0n) is 14.7. The summed E-state index contributed by atoms with van der Waals surface area (Å²) < 4.78 is 26.9. The van der Waals surface area contributed by atoms with Crippen molar-refractivity contribution in [3.8, 4) is 0 Å². The maximum absolute atomic E-state index is 12.2. The highest BCUT2D eigenvalue weighted by Crippen LogP contribution is 2.22. The SMILES string of the molecule is CCNc1cc(NCCNS(=O)(=O)c2cnc(NC(C)=O)s2)nc(C)n1. The van der Waals surface area contributed by atoms with Crippen LogP contribution in [0.3, 0.4) is 0 Å². The maximum Gasteiger partial charge on any atom is 0.251 e. The number of carbonyl (C=O) groups is 1. The molecule has 0 unspecified atom stereocenters. The zero-order valence-corrected chi connectivity index (χ0v) is 16.3. The van der Waals surface area contributed by atoms with Crippen molar-refractivity contribution in [2.75, 3.05) is 35.6 Å². The lowest BCUT2D eigenvalue weighted by atomic mass is 10.4. The number of amides is 1. The van der Waals surface area contributed by atoms with E-state index in [1.807, 2.05) is 6.92 Å². The molecule has 0 bridgehead atoms. The molecule has 0 aliphatic rings. The molecule has 4 N–H and O–H groups in total. The number of thiazole rings is 1. The van der Waals surface area contributed by atoms with Crippen molar-refractivity contribution in [2.45, 2.75) is 25.0 Å². The van der Waals surface area contributed by atoms with Gasteiger partial charge in [-0.25, -0.2) is 28.1 Å². The molecule has 10 nitrogen and oxygen atoms in total. The summed E-state index contributed by atoms with van der Waals surface area (Å²) in [5, 5.41) is 8.84. The zero-order chi connectivity index (χ0) is 19.2. The van der Waals surface area contributed by atoms with Crippen molar-refractivity contribution in [3.05, 3.63) is 18.1 Å². The third-order valence-electron chi connectivity index (χ3n) is 2.95. The van der Waals surface area contributed by atoms with Crippen molar-refractivity contribution in [1.29, 1.82) is 0 Å². The molecule has 0 aliphatic carbocycles.